The van der Waals surface area contributed by atoms with Gasteiger partial charge in [0, 0.05) is 7.05 Å². The van der Waals surface area contributed by atoms with E-state index < -0.39 is 5.91 Å². The van der Waals surface area contributed by atoms with Crippen LogP contribution in [-0.4, -0.2) is 40.4 Å². The van der Waals surface area contributed by atoms with Crippen molar-refractivity contribution in [3.8, 4) is 0 Å². The van der Waals surface area contributed by atoms with Crippen LogP contribution >= 0.6 is 0 Å². The maximum Gasteiger partial charge on any atom is 0.318 e. The van der Waals surface area contributed by atoms with Gasteiger partial charge in [-0.05, 0) is 31.5 Å². The highest BCUT2D eigenvalue weighted by atomic mass is 16.2. The number of H-pyrrole nitrogens is 1. The predicted octanol–water partition coefficient (Wildman–Crippen LogP) is 1.06. The molecule has 3 amide bonds. The number of primary amides is 1. The number of carbonyl (C=O) groups excluding carboxylic acids is 2. The topological polar surface area (TPSA) is 104 Å². The van der Waals surface area contributed by atoms with Crippen LogP contribution in [0.5, 0.6) is 0 Å². The molecule has 0 aliphatic heterocycles. The van der Waals surface area contributed by atoms with Gasteiger partial charge in [0.15, 0.2) is 0 Å². The summed E-state index contributed by atoms with van der Waals surface area (Å²) in [5, 5.41) is 2.76. The monoisotopic (exact) mass is 289 g/mol. The highest BCUT2D eigenvalue weighted by Gasteiger charge is 2.17. The zero-order chi connectivity index (χ0) is 15.6. The van der Waals surface area contributed by atoms with Crippen LogP contribution in [0.3, 0.4) is 0 Å². The fourth-order valence-electron chi connectivity index (χ4n) is 2.02. The standard InChI is InChI=1S/C14H19N5O2/c1-8-4-5-10-11(6-8)18-13(17-10)9(2)16-14(21)19(3)7-12(15)20/h4-6,9H,7H2,1-3H3,(H2,15,20)(H,16,21)(H,17,18)/t9-/m0/s1. The van der Waals surface area contributed by atoms with Gasteiger partial charge in [-0.25, -0.2) is 9.78 Å². The first-order valence-corrected chi connectivity index (χ1v) is 6.63. The maximum absolute atomic E-state index is 11.9. The summed E-state index contributed by atoms with van der Waals surface area (Å²) in [6, 6.07) is 5.23. The number of amides is 3. The molecular formula is C14H19N5O2. The highest BCUT2D eigenvalue weighted by molar-refractivity contribution is 5.83. The fraction of sp³-hybridized carbons (Fsp3) is 0.357. The van der Waals surface area contributed by atoms with Crippen LogP contribution in [0.4, 0.5) is 4.79 Å². The van der Waals surface area contributed by atoms with Gasteiger partial charge in [0.05, 0.1) is 17.1 Å². The van der Waals surface area contributed by atoms with E-state index in [0.717, 1.165) is 16.6 Å². The molecule has 0 aliphatic carbocycles. The molecule has 7 nitrogen and oxygen atoms in total. The molecule has 112 valence electrons. The number of nitrogens with two attached hydrogens (primary N) is 1. The van der Waals surface area contributed by atoms with Gasteiger partial charge in [0.25, 0.3) is 0 Å². The Bertz CT molecular complexity index is 679. The molecule has 0 unspecified atom stereocenters. The molecule has 4 N–H and O–H groups in total. The molecule has 0 bridgehead atoms. The minimum absolute atomic E-state index is 0.127. The van der Waals surface area contributed by atoms with E-state index in [2.05, 4.69) is 15.3 Å². The highest BCUT2D eigenvalue weighted by Crippen LogP contribution is 2.17. The van der Waals surface area contributed by atoms with Crippen molar-refractivity contribution in [2.24, 2.45) is 5.73 Å². The lowest BCUT2D eigenvalue weighted by atomic mass is 10.2. The van der Waals surface area contributed by atoms with E-state index in [1.807, 2.05) is 32.0 Å². The lowest BCUT2D eigenvalue weighted by molar-refractivity contribution is -0.118. The van der Waals surface area contributed by atoms with Gasteiger partial charge in [-0.1, -0.05) is 6.07 Å². The summed E-state index contributed by atoms with van der Waals surface area (Å²) in [7, 11) is 1.51. The number of benzene rings is 1. The average molecular weight is 289 g/mol. The molecule has 1 atom stereocenters. The summed E-state index contributed by atoms with van der Waals surface area (Å²) in [5.74, 6) is 0.107. The molecule has 2 rings (SSSR count). The van der Waals surface area contributed by atoms with E-state index in [9.17, 15) is 9.59 Å². The molecule has 0 radical (unpaired) electrons. The van der Waals surface area contributed by atoms with Crippen molar-refractivity contribution in [1.82, 2.24) is 20.2 Å². The van der Waals surface area contributed by atoms with Crippen molar-refractivity contribution < 1.29 is 9.59 Å². The summed E-state index contributed by atoms with van der Waals surface area (Å²) in [6.07, 6.45) is 0. The lowest BCUT2D eigenvalue weighted by Gasteiger charge is -2.19. The van der Waals surface area contributed by atoms with Crippen molar-refractivity contribution in [1.29, 1.82) is 0 Å². The van der Waals surface area contributed by atoms with E-state index in [0.29, 0.717) is 5.82 Å². The molecule has 0 aliphatic rings. The summed E-state index contributed by atoms with van der Waals surface area (Å²) >= 11 is 0. The fourth-order valence-corrected chi connectivity index (χ4v) is 2.02. The van der Waals surface area contributed by atoms with Crippen LogP contribution in [-0.2, 0) is 4.79 Å². The van der Waals surface area contributed by atoms with Gasteiger partial charge in [0.1, 0.15) is 12.4 Å². The normalized spacial score (nSPS) is 12.1. The van der Waals surface area contributed by atoms with Crippen LogP contribution < -0.4 is 11.1 Å². The molecule has 0 saturated heterocycles. The van der Waals surface area contributed by atoms with E-state index in [1.165, 1.54) is 11.9 Å². The average Bonchev–Trinajstić information content (AvgIpc) is 2.80. The second kappa shape index (κ2) is 5.82. The van der Waals surface area contributed by atoms with E-state index in [-0.39, 0.29) is 18.6 Å². The quantitative estimate of drug-likeness (QED) is 0.783. The largest absolute Gasteiger partial charge is 0.368 e. The van der Waals surface area contributed by atoms with Crippen LogP contribution in [0, 0.1) is 6.92 Å². The van der Waals surface area contributed by atoms with E-state index in [1.54, 1.807) is 0 Å². The number of aromatic nitrogens is 2. The first-order valence-electron chi connectivity index (χ1n) is 6.63. The molecule has 0 spiro atoms. The van der Waals surface area contributed by atoms with Gasteiger partial charge in [-0.15, -0.1) is 0 Å². The third-order valence-electron chi connectivity index (χ3n) is 3.15. The summed E-state index contributed by atoms with van der Waals surface area (Å²) < 4.78 is 0. The summed E-state index contributed by atoms with van der Waals surface area (Å²) in [6.45, 7) is 3.70. The van der Waals surface area contributed by atoms with Gasteiger partial charge in [-0.3, -0.25) is 4.79 Å². The Morgan fingerprint density at radius 1 is 1.48 bits per heavy atom. The Morgan fingerprint density at radius 3 is 2.86 bits per heavy atom. The molecule has 2 aromatic rings. The Hall–Kier alpha value is -2.57. The zero-order valence-corrected chi connectivity index (χ0v) is 12.3. The molecule has 0 saturated carbocycles. The molecule has 1 aromatic heterocycles. The van der Waals surface area contributed by atoms with Crippen LogP contribution in [0.25, 0.3) is 11.0 Å². The van der Waals surface area contributed by atoms with Gasteiger partial charge < -0.3 is 20.9 Å². The van der Waals surface area contributed by atoms with Gasteiger partial charge >= 0.3 is 6.03 Å². The van der Waals surface area contributed by atoms with E-state index in [4.69, 9.17) is 5.73 Å². The number of aryl methyl sites for hydroxylation is 1. The van der Waals surface area contributed by atoms with E-state index >= 15 is 0 Å². The Labute approximate surface area is 122 Å². The number of likely N-dealkylation sites (N-methyl/N-ethyl adjacent to an activating group) is 1. The Kier molecular flexibility index (Phi) is 4.11. The first-order chi connectivity index (χ1) is 9.86. The number of nitrogens with zero attached hydrogens (tertiary/aromatic N) is 2. The van der Waals surface area contributed by atoms with Crippen LogP contribution in [0.2, 0.25) is 0 Å². The minimum Gasteiger partial charge on any atom is -0.368 e. The number of nitrogens with one attached hydrogen (secondary N) is 2. The van der Waals surface area contributed by atoms with Crippen molar-refractivity contribution >= 4 is 23.0 Å². The van der Waals surface area contributed by atoms with Crippen molar-refractivity contribution in [2.75, 3.05) is 13.6 Å². The summed E-state index contributed by atoms with van der Waals surface area (Å²) in [4.78, 5) is 31.6. The third kappa shape index (κ3) is 3.50. The SMILES string of the molecule is Cc1ccc2nc([C@H](C)NC(=O)N(C)CC(N)=O)[nH]c2c1. The maximum atomic E-state index is 11.9. The lowest BCUT2D eigenvalue weighted by Crippen LogP contribution is -2.42. The van der Waals surface area contributed by atoms with Crippen LogP contribution in [0.1, 0.15) is 24.4 Å². The zero-order valence-electron chi connectivity index (χ0n) is 12.3. The predicted molar refractivity (Wildman–Crippen MR) is 79.6 cm³/mol. The first kappa shape index (κ1) is 14.8. The second-order valence-electron chi connectivity index (χ2n) is 5.14. The number of fused-ring (bicyclic) bond motifs is 1. The number of aromatic amines is 1. The van der Waals surface area contributed by atoms with Crippen LogP contribution in [0.15, 0.2) is 18.2 Å². The molecule has 7 heteroatoms. The smallest absolute Gasteiger partial charge is 0.318 e. The van der Waals surface area contributed by atoms with Crippen molar-refractivity contribution in [3.05, 3.63) is 29.6 Å². The minimum atomic E-state index is -0.556. The molecule has 1 heterocycles. The summed E-state index contributed by atoms with van der Waals surface area (Å²) in [5.41, 5.74) is 7.97. The Morgan fingerprint density at radius 2 is 2.19 bits per heavy atom. The Balaban J connectivity index is 2.09. The molecular weight excluding hydrogens is 270 g/mol. The number of urea groups is 1. The number of imidazole rings is 1. The number of hydrogen-bond donors (Lipinski definition) is 3. The number of carbonyl (C=O) groups is 2. The van der Waals surface area contributed by atoms with Gasteiger partial charge in [-0.2, -0.15) is 0 Å². The van der Waals surface area contributed by atoms with Crippen molar-refractivity contribution in [2.45, 2.75) is 19.9 Å². The second-order valence-corrected chi connectivity index (χ2v) is 5.14. The van der Waals surface area contributed by atoms with Gasteiger partial charge in [0.2, 0.25) is 5.91 Å². The number of hydrogen-bond acceptors (Lipinski definition) is 3. The molecule has 1 aromatic carbocycles. The third-order valence-corrected chi connectivity index (χ3v) is 3.15. The molecule has 0 fully saturated rings. The molecule has 21 heavy (non-hydrogen) atoms. The number of rotatable bonds is 4. The van der Waals surface area contributed by atoms with Crippen molar-refractivity contribution in [3.63, 3.8) is 0 Å².